The molecule has 0 aliphatic heterocycles. The van der Waals surface area contributed by atoms with E-state index in [2.05, 4.69) is 15.3 Å². The topological polar surface area (TPSA) is 116 Å². The fraction of sp³-hybridized carbons (Fsp3) is 0.158. The Labute approximate surface area is 168 Å². The smallest absolute Gasteiger partial charge is 0.222 e. The van der Waals surface area contributed by atoms with Gasteiger partial charge in [-0.05, 0) is 37.6 Å². The summed E-state index contributed by atoms with van der Waals surface area (Å²) in [6.07, 6.45) is 0. The summed E-state index contributed by atoms with van der Waals surface area (Å²) in [6, 6.07) is 12.4. The van der Waals surface area contributed by atoms with E-state index in [-0.39, 0.29) is 11.0 Å². The molecule has 0 radical (unpaired) electrons. The maximum atomic E-state index is 12.6. The Balaban J connectivity index is 2.13. The lowest BCUT2D eigenvalue weighted by atomic mass is 10.1. The van der Waals surface area contributed by atoms with E-state index in [0.29, 0.717) is 39.5 Å². The summed E-state index contributed by atoms with van der Waals surface area (Å²) in [5.74, 6) is 0.858. The standard InChI is InChI=1S/C19H21ClN5O2P/c1-27-14-10-11(21)8-9-12(14)17-16(20)18(25-19(22)24-17)23-13-6-4-5-7-15(13)28(2,3)26/h4-10H,21H2,1-3H3,(H3,22,23,24,25). The molecule has 0 aliphatic rings. The monoisotopic (exact) mass is 417 g/mol. The molecular weight excluding hydrogens is 397 g/mol. The zero-order chi connectivity index (χ0) is 20.5. The van der Waals surface area contributed by atoms with Gasteiger partial charge < -0.3 is 26.1 Å². The van der Waals surface area contributed by atoms with Gasteiger partial charge in [0.15, 0.2) is 5.82 Å². The number of hydrogen-bond acceptors (Lipinski definition) is 7. The van der Waals surface area contributed by atoms with Crippen molar-refractivity contribution in [1.29, 1.82) is 0 Å². The Kier molecular flexibility index (Phi) is 5.49. The number of halogens is 1. The predicted octanol–water partition coefficient (Wildman–Crippen LogP) is 3.96. The third kappa shape index (κ3) is 4.06. The van der Waals surface area contributed by atoms with Gasteiger partial charge in [0, 0.05) is 22.6 Å². The Hall–Kier alpha value is -2.76. The van der Waals surface area contributed by atoms with Crippen molar-refractivity contribution >= 4 is 47.2 Å². The average Bonchev–Trinajstić information content (AvgIpc) is 2.64. The van der Waals surface area contributed by atoms with Crippen molar-refractivity contribution in [2.24, 2.45) is 0 Å². The zero-order valence-electron chi connectivity index (χ0n) is 15.7. The molecule has 3 aromatic rings. The molecule has 0 saturated heterocycles. The van der Waals surface area contributed by atoms with E-state index in [1.807, 2.05) is 24.3 Å². The van der Waals surface area contributed by atoms with Crippen molar-refractivity contribution in [3.63, 3.8) is 0 Å². The molecule has 2 aromatic carbocycles. The molecule has 3 rings (SSSR count). The molecule has 9 heteroatoms. The molecule has 1 aromatic heterocycles. The Morgan fingerprint density at radius 2 is 1.82 bits per heavy atom. The summed E-state index contributed by atoms with van der Waals surface area (Å²) in [5.41, 5.74) is 14.0. The highest BCUT2D eigenvalue weighted by atomic mass is 35.5. The van der Waals surface area contributed by atoms with Crippen LogP contribution in [0.2, 0.25) is 5.02 Å². The molecule has 0 saturated carbocycles. The summed E-state index contributed by atoms with van der Waals surface area (Å²) in [5, 5.41) is 4.09. The van der Waals surface area contributed by atoms with Crippen molar-refractivity contribution in [3.8, 4) is 17.0 Å². The molecule has 0 spiro atoms. The predicted molar refractivity (Wildman–Crippen MR) is 117 cm³/mol. The van der Waals surface area contributed by atoms with Gasteiger partial charge in [-0.25, -0.2) is 4.98 Å². The molecule has 7 nitrogen and oxygen atoms in total. The Morgan fingerprint density at radius 1 is 1.11 bits per heavy atom. The summed E-state index contributed by atoms with van der Waals surface area (Å²) in [7, 11) is -0.988. The highest BCUT2D eigenvalue weighted by Crippen LogP contribution is 2.41. The molecule has 0 bridgehead atoms. The maximum absolute atomic E-state index is 12.6. The third-order valence-electron chi connectivity index (χ3n) is 4.09. The molecular formula is C19H21ClN5O2P. The molecule has 0 aliphatic carbocycles. The van der Waals surface area contributed by atoms with E-state index in [1.165, 1.54) is 7.11 Å². The number of hydrogen-bond donors (Lipinski definition) is 3. The second kappa shape index (κ2) is 7.70. The number of methoxy groups -OCH3 is 1. The SMILES string of the molecule is COc1cc(N)ccc1-c1nc(N)nc(Nc2ccccc2P(C)(C)=O)c1Cl. The molecule has 28 heavy (non-hydrogen) atoms. The van der Waals surface area contributed by atoms with Crippen molar-refractivity contribution in [3.05, 3.63) is 47.5 Å². The first-order valence-corrected chi connectivity index (χ1v) is 11.4. The number of para-hydroxylation sites is 1. The van der Waals surface area contributed by atoms with E-state index >= 15 is 0 Å². The second-order valence-corrected chi connectivity index (χ2v) is 10.1. The van der Waals surface area contributed by atoms with Crippen LogP contribution >= 0.6 is 18.7 Å². The Morgan fingerprint density at radius 3 is 2.50 bits per heavy atom. The summed E-state index contributed by atoms with van der Waals surface area (Å²) in [4.78, 5) is 8.49. The van der Waals surface area contributed by atoms with Crippen LogP contribution in [0.5, 0.6) is 5.75 Å². The summed E-state index contributed by atoms with van der Waals surface area (Å²) >= 11 is 6.60. The van der Waals surface area contributed by atoms with Crippen LogP contribution in [-0.2, 0) is 4.57 Å². The van der Waals surface area contributed by atoms with E-state index < -0.39 is 7.14 Å². The first-order valence-electron chi connectivity index (χ1n) is 8.39. The van der Waals surface area contributed by atoms with Crippen LogP contribution in [0.3, 0.4) is 0 Å². The number of nitrogens with one attached hydrogen (secondary N) is 1. The number of anilines is 4. The van der Waals surface area contributed by atoms with Crippen molar-refractivity contribution < 1.29 is 9.30 Å². The lowest BCUT2D eigenvalue weighted by Crippen LogP contribution is -2.11. The lowest BCUT2D eigenvalue weighted by molar-refractivity contribution is 0.416. The van der Waals surface area contributed by atoms with Gasteiger partial charge >= 0.3 is 0 Å². The zero-order valence-corrected chi connectivity index (χ0v) is 17.4. The van der Waals surface area contributed by atoms with Gasteiger partial charge in [-0.2, -0.15) is 4.98 Å². The molecule has 0 unspecified atom stereocenters. The van der Waals surface area contributed by atoms with Crippen LogP contribution in [0.25, 0.3) is 11.3 Å². The van der Waals surface area contributed by atoms with Gasteiger partial charge in [0.2, 0.25) is 5.95 Å². The van der Waals surface area contributed by atoms with E-state index in [1.54, 1.807) is 31.5 Å². The van der Waals surface area contributed by atoms with Crippen molar-refractivity contribution in [2.75, 3.05) is 37.2 Å². The number of aromatic nitrogens is 2. The first-order chi connectivity index (χ1) is 13.2. The van der Waals surface area contributed by atoms with Crippen molar-refractivity contribution in [2.45, 2.75) is 0 Å². The number of nitrogens with two attached hydrogens (primary N) is 2. The molecule has 5 N–H and O–H groups in total. The van der Waals surface area contributed by atoms with Gasteiger partial charge in [-0.1, -0.05) is 23.7 Å². The molecule has 1 heterocycles. The first kappa shape index (κ1) is 20.0. The number of nitrogens with zero attached hydrogens (tertiary/aromatic N) is 2. The summed E-state index contributed by atoms with van der Waals surface area (Å²) < 4.78 is 18.0. The van der Waals surface area contributed by atoms with Crippen LogP contribution in [0.1, 0.15) is 0 Å². The molecule has 146 valence electrons. The lowest BCUT2D eigenvalue weighted by Gasteiger charge is -2.17. The molecule has 0 atom stereocenters. The average molecular weight is 418 g/mol. The number of ether oxygens (including phenoxy) is 1. The van der Waals surface area contributed by atoms with E-state index in [9.17, 15) is 4.57 Å². The van der Waals surface area contributed by atoms with E-state index in [4.69, 9.17) is 27.8 Å². The highest BCUT2D eigenvalue weighted by Gasteiger charge is 2.20. The van der Waals surface area contributed by atoms with Crippen LogP contribution in [0, 0.1) is 0 Å². The maximum Gasteiger partial charge on any atom is 0.222 e. The van der Waals surface area contributed by atoms with Gasteiger partial charge in [-0.15, -0.1) is 0 Å². The third-order valence-corrected chi connectivity index (χ3v) is 5.99. The van der Waals surface area contributed by atoms with E-state index in [0.717, 1.165) is 0 Å². The minimum absolute atomic E-state index is 0.0365. The molecule has 0 fully saturated rings. The highest BCUT2D eigenvalue weighted by molar-refractivity contribution is 7.70. The van der Waals surface area contributed by atoms with Gasteiger partial charge in [0.05, 0.1) is 12.8 Å². The second-order valence-electron chi connectivity index (χ2n) is 6.55. The van der Waals surface area contributed by atoms with Crippen LogP contribution < -0.4 is 26.8 Å². The Bertz CT molecular complexity index is 1080. The largest absolute Gasteiger partial charge is 0.496 e. The fourth-order valence-corrected chi connectivity index (χ4v) is 4.19. The van der Waals surface area contributed by atoms with Gasteiger partial charge in [-0.3, -0.25) is 0 Å². The number of nitrogen functional groups attached to an aromatic ring is 2. The van der Waals surface area contributed by atoms with Crippen LogP contribution in [0.15, 0.2) is 42.5 Å². The van der Waals surface area contributed by atoms with Gasteiger partial charge in [0.25, 0.3) is 0 Å². The number of rotatable bonds is 5. The summed E-state index contributed by atoms with van der Waals surface area (Å²) in [6.45, 7) is 3.41. The van der Waals surface area contributed by atoms with Gasteiger partial charge in [0.1, 0.15) is 23.6 Å². The van der Waals surface area contributed by atoms with Crippen LogP contribution in [-0.4, -0.2) is 30.4 Å². The van der Waals surface area contributed by atoms with Crippen LogP contribution in [0.4, 0.5) is 23.1 Å². The fourth-order valence-electron chi connectivity index (χ4n) is 2.81. The minimum Gasteiger partial charge on any atom is -0.496 e. The number of benzene rings is 2. The van der Waals surface area contributed by atoms with Crippen molar-refractivity contribution in [1.82, 2.24) is 9.97 Å². The quantitative estimate of drug-likeness (QED) is 0.425. The normalized spacial score (nSPS) is 11.3. The minimum atomic E-state index is -2.52. The molecule has 0 amide bonds.